The number of amides is 3. The van der Waals surface area contributed by atoms with Crippen LogP contribution in [0.25, 0.3) is 0 Å². The van der Waals surface area contributed by atoms with Gasteiger partial charge in [0.15, 0.2) is 0 Å². The van der Waals surface area contributed by atoms with E-state index in [0.29, 0.717) is 22.5 Å². The lowest BCUT2D eigenvalue weighted by molar-refractivity contribution is -0.153. The van der Waals surface area contributed by atoms with E-state index in [4.69, 9.17) is 20.6 Å². The van der Waals surface area contributed by atoms with Crippen LogP contribution < -0.4 is 26.4 Å². The van der Waals surface area contributed by atoms with Crippen molar-refractivity contribution in [1.82, 2.24) is 5.32 Å². The van der Waals surface area contributed by atoms with Crippen LogP contribution in [0.5, 0.6) is 5.75 Å². The molecule has 1 unspecified atom stereocenters. The van der Waals surface area contributed by atoms with Crippen molar-refractivity contribution >= 4 is 40.9 Å². The lowest BCUT2D eigenvalue weighted by Gasteiger charge is -2.34. The molecule has 11 nitrogen and oxygen atoms in total. The smallest absolute Gasteiger partial charge is 0.328 e. The molecule has 3 aromatic rings. The number of esters is 1. The Morgan fingerprint density at radius 3 is 2.38 bits per heavy atom. The van der Waals surface area contributed by atoms with Crippen molar-refractivity contribution < 1.29 is 28.7 Å². The number of hydrogen-bond donors (Lipinski definition) is 5. The van der Waals surface area contributed by atoms with Gasteiger partial charge in [0, 0.05) is 29.3 Å². The average Bonchev–Trinajstić information content (AvgIpc) is 2.94. The van der Waals surface area contributed by atoms with Crippen molar-refractivity contribution in [3.63, 3.8) is 0 Å². The topological polar surface area (TPSA) is 173 Å². The molecule has 11 heteroatoms. The van der Waals surface area contributed by atoms with Gasteiger partial charge in [-0.15, -0.1) is 0 Å². The Kier molecular flexibility index (Phi) is 8.13. The summed E-state index contributed by atoms with van der Waals surface area (Å²) in [6.45, 7) is 3.08. The fraction of sp³-hybridized carbons (Fsp3) is 0.207. The second-order valence-corrected chi connectivity index (χ2v) is 9.21. The second-order valence-electron chi connectivity index (χ2n) is 9.21. The Bertz CT molecular complexity index is 1460. The molecule has 0 aromatic heterocycles. The SMILES string of the molecule is CCOC(=O)[C@H](Cc1ccccc1)NC(=O)C1(C)Oc2cc(NC(=O)c3ccc(C(=N)N)cc3)ccc2NC1=O. The zero-order chi connectivity index (χ0) is 28.9. The van der Waals surface area contributed by atoms with Gasteiger partial charge in [-0.05, 0) is 43.7 Å². The van der Waals surface area contributed by atoms with Crippen LogP contribution in [0, 0.1) is 5.41 Å². The molecule has 40 heavy (non-hydrogen) atoms. The number of rotatable bonds is 9. The van der Waals surface area contributed by atoms with E-state index in [2.05, 4.69) is 16.0 Å². The summed E-state index contributed by atoms with van der Waals surface area (Å²) in [7, 11) is 0. The van der Waals surface area contributed by atoms with Crippen LogP contribution in [0.4, 0.5) is 11.4 Å². The number of carbonyl (C=O) groups excluding carboxylic acids is 4. The van der Waals surface area contributed by atoms with Crippen LogP contribution in [0.3, 0.4) is 0 Å². The predicted molar refractivity (Wildman–Crippen MR) is 148 cm³/mol. The first kappa shape index (κ1) is 27.8. The zero-order valence-corrected chi connectivity index (χ0v) is 21.9. The summed E-state index contributed by atoms with van der Waals surface area (Å²) in [6, 6.07) is 18.8. The first-order valence-corrected chi connectivity index (χ1v) is 12.5. The van der Waals surface area contributed by atoms with Crippen LogP contribution in [0.15, 0.2) is 72.8 Å². The van der Waals surface area contributed by atoms with Crippen LogP contribution in [-0.4, -0.2) is 47.8 Å². The van der Waals surface area contributed by atoms with Gasteiger partial charge in [-0.1, -0.05) is 42.5 Å². The molecule has 4 rings (SSSR count). The highest BCUT2D eigenvalue weighted by atomic mass is 16.5. The van der Waals surface area contributed by atoms with E-state index in [1.807, 2.05) is 30.3 Å². The molecule has 1 aliphatic rings. The zero-order valence-electron chi connectivity index (χ0n) is 21.9. The minimum atomic E-state index is -2.01. The first-order valence-electron chi connectivity index (χ1n) is 12.5. The van der Waals surface area contributed by atoms with Gasteiger partial charge in [0.1, 0.15) is 17.6 Å². The summed E-state index contributed by atoms with van der Waals surface area (Å²) in [5.41, 5.74) is 5.73. The number of anilines is 2. The molecular formula is C29H29N5O6. The van der Waals surface area contributed by atoms with Gasteiger partial charge >= 0.3 is 5.97 Å². The number of fused-ring (bicyclic) bond motifs is 1. The minimum absolute atomic E-state index is 0.110. The fourth-order valence-electron chi connectivity index (χ4n) is 4.03. The molecule has 0 radical (unpaired) electrons. The molecule has 0 saturated heterocycles. The third kappa shape index (κ3) is 6.09. The maximum absolute atomic E-state index is 13.4. The number of carbonyl (C=O) groups is 4. The summed E-state index contributed by atoms with van der Waals surface area (Å²) in [5, 5.41) is 15.5. The average molecular weight is 544 g/mol. The third-order valence-corrected chi connectivity index (χ3v) is 6.29. The molecule has 1 aliphatic heterocycles. The molecule has 3 amide bonds. The van der Waals surface area contributed by atoms with E-state index in [-0.39, 0.29) is 24.6 Å². The summed E-state index contributed by atoms with van der Waals surface area (Å²) in [5.74, 6) is -2.57. The van der Waals surface area contributed by atoms with Crippen molar-refractivity contribution in [3.8, 4) is 5.75 Å². The molecule has 0 fully saturated rings. The standard InChI is InChI=1S/C29H29N5O6/c1-3-39-26(36)22(15-17-7-5-4-6-8-17)34-28(38)29(2)27(37)33-21-14-13-20(16-23(21)40-29)32-25(35)19-11-9-18(10-12-19)24(30)31/h4-14,16,22H,3,15H2,1-2H3,(H3,30,31)(H,32,35)(H,33,37)(H,34,38)/t22-,29?/m0/s1. The molecule has 2 atom stereocenters. The molecule has 1 heterocycles. The van der Waals surface area contributed by atoms with Crippen molar-refractivity contribution in [2.24, 2.45) is 5.73 Å². The van der Waals surface area contributed by atoms with Crippen LogP contribution in [0.1, 0.15) is 35.3 Å². The molecule has 0 bridgehead atoms. The third-order valence-electron chi connectivity index (χ3n) is 6.29. The van der Waals surface area contributed by atoms with E-state index in [0.717, 1.165) is 5.56 Å². The number of amidine groups is 1. The lowest BCUT2D eigenvalue weighted by Crippen LogP contribution is -2.61. The quantitative estimate of drug-likeness (QED) is 0.119. The summed E-state index contributed by atoms with van der Waals surface area (Å²) in [6.07, 6.45) is 0.156. The van der Waals surface area contributed by atoms with E-state index in [9.17, 15) is 19.2 Å². The number of hydrogen-bond acceptors (Lipinski definition) is 7. The molecule has 0 aliphatic carbocycles. The molecule has 6 N–H and O–H groups in total. The fourth-order valence-corrected chi connectivity index (χ4v) is 4.03. The second kappa shape index (κ2) is 11.7. The van der Waals surface area contributed by atoms with E-state index in [1.165, 1.54) is 31.2 Å². The Hall–Kier alpha value is -5.19. The number of nitrogens with one attached hydrogen (secondary N) is 4. The normalized spacial score (nSPS) is 16.4. The van der Waals surface area contributed by atoms with Crippen LogP contribution >= 0.6 is 0 Å². The van der Waals surface area contributed by atoms with Gasteiger partial charge in [0.05, 0.1) is 12.3 Å². The van der Waals surface area contributed by atoms with Crippen LogP contribution in [0.2, 0.25) is 0 Å². The van der Waals surface area contributed by atoms with E-state index in [1.54, 1.807) is 25.1 Å². The molecular weight excluding hydrogens is 514 g/mol. The van der Waals surface area contributed by atoms with Gasteiger partial charge in [0.2, 0.25) is 0 Å². The molecule has 0 saturated carbocycles. The Balaban J connectivity index is 1.51. The van der Waals surface area contributed by atoms with Gasteiger partial charge in [0.25, 0.3) is 23.3 Å². The Morgan fingerprint density at radius 2 is 1.73 bits per heavy atom. The largest absolute Gasteiger partial charge is 0.465 e. The van der Waals surface area contributed by atoms with Gasteiger partial charge in [-0.25, -0.2) is 4.79 Å². The summed E-state index contributed by atoms with van der Waals surface area (Å²) in [4.78, 5) is 51.7. The predicted octanol–water partition coefficient (Wildman–Crippen LogP) is 2.60. The summed E-state index contributed by atoms with van der Waals surface area (Å²) < 4.78 is 11.0. The van der Waals surface area contributed by atoms with E-state index >= 15 is 0 Å². The van der Waals surface area contributed by atoms with Crippen molar-refractivity contribution in [3.05, 3.63) is 89.5 Å². The van der Waals surface area contributed by atoms with Crippen molar-refractivity contribution in [2.75, 3.05) is 17.2 Å². The van der Waals surface area contributed by atoms with Gasteiger partial charge in [-0.3, -0.25) is 19.8 Å². The first-order chi connectivity index (χ1) is 19.1. The van der Waals surface area contributed by atoms with E-state index < -0.39 is 35.3 Å². The summed E-state index contributed by atoms with van der Waals surface area (Å²) >= 11 is 0. The number of nitrogens with two attached hydrogens (primary N) is 1. The number of nitrogen functional groups attached to an aromatic ring is 1. The molecule has 206 valence electrons. The highest BCUT2D eigenvalue weighted by Gasteiger charge is 2.48. The Labute approximate surface area is 230 Å². The number of benzene rings is 3. The van der Waals surface area contributed by atoms with Crippen molar-refractivity contribution in [1.29, 1.82) is 5.41 Å². The van der Waals surface area contributed by atoms with Crippen LogP contribution in [-0.2, 0) is 25.5 Å². The molecule has 0 spiro atoms. The minimum Gasteiger partial charge on any atom is -0.465 e. The highest BCUT2D eigenvalue weighted by Crippen LogP contribution is 2.36. The molecule has 3 aromatic carbocycles. The van der Waals surface area contributed by atoms with Gasteiger partial charge < -0.3 is 31.2 Å². The van der Waals surface area contributed by atoms with Crippen molar-refractivity contribution in [2.45, 2.75) is 31.9 Å². The maximum atomic E-state index is 13.4. The monoisotopic (exact) mass is 543 g/mol. The Morgan fingerprint density at radius 1 is 1.05 bits per heavy atom. The lowest BCUT2D eigenvalue weighted by atomic mass is 9.99. The number of ether oxygens (including phenoxy) is 2. The highest BCUT2D eigenvalue weighted by molar-refractivity contribution is 6.16. The maximum Gasteiger partial charge on any atom is 0.328 e. The van der Waals surface area contributed by atoms with Gasteiger partial charge in [-0.2, -0.15) is 0 Å².